The first-order chi connectivity index (χ1) is 10.2. The number of aromatic nitrogens is 1. The van der Waals surface area contributed by atoms with Crippen LogP contribution >= 0.6 is 15.9 Å². The standard InChI is InChI=1S/C16H11BrN2O2/c17-15-7-6-14(21-15)16(20)19-13-8-12(9-18-10-13)11-4-2-1-3-5-11/h1-10H,(H,19,20). The van der Waals surface area contributed by atoms with E-state index >= 15 is 0 Å². The van der Waals surface area contributed by atoms with Gasteiger partial charge >= 0.3 is 0 Å². The molecule has 104 valence electrons. The fourth-order valence-corrected chi connectivity index (χ4v) is 2.23. The zero-order valence-electron chi connectivity index (χ0n) is 10.9. The highest BCUT2D eigenvalue weighted by molar-refractivity contribution is 9.10. The lowest BCUT2D eigenvalue weighted by Gasteiger charge is -2.06. The van der Waals surface area contributed by atoms with Crippen molar-refractivity contribution in [3.05, 3.63) is 71.4 Å². The van der Waals surface area contributed by atoms with Gasteiger partial charge in [-0.3, -0.25) is 9.78 Å². The van der Waals surface area contributed by atoms with E-state index in [1.807, 2.05) is 36.4 Å². The van der Waals surface area contributed by atoms with E-state index in [-0.39, 0.29) is 11.7 Å². The second kappa shape index (κ2) is 5.93. The number of halogens is 1. The Morgan fingerprint density at radius 2 is 1.86 bits per heavy atom. The van der Waals surface area contributed by atoms with Crippen LogP contribution in [0, 0.1) is 0 Å². The van der Waals surface area contributed by atoms with Crippen molar-refractivity contribution in [3.63, 3.8) is 0 Å². The predicted octanol–water partition coefficient (Wildman–Crippen LogP) is 4.36. The van der Waals surface area contributed by atoms with Crippen molar-refractivity contribution in [1.82, 2.24) is 4.98 Å². The number of carbonyl (C=O) groups is 1. The molecule has 0 aliphatic carbocycles. The van der Waals surface area contributed by atoms with Gasteiger partial charge in [0.1, 0.15) is 0 Å². The summed E-state index contributed by atoms with van der Waals surface area (Å²) in [5.41, 5.74) is 2.60. The number of nitrogens with zero attached hydrogens (tertiary/aromatic N) is 1. The molecule has 1 aromatic carbocycles. The molecule has 0 spiro atoms. The van der Waals surface area contributed by atoms with Crippen LogP contribution in [-0.2, 0) is 0 Å². The Hall–Kier alpha value is -2.40. The van der Waals surface area contributed by atoms with Gasteiger partial charge in [0, 0.05) is 11.8 Å². The smallest absolute Gasteiger partial charge is 0.291 e. The van der Waals surface area contributed by atoms with E-state index in [1.165, 1.54) is 0 Å². The van der Waals surface area contributed by atoms with E-state index in [0.717, 1.165) is 11.1 Å². The average molecular weight is 343 g/mol. The SMILES string of the molecule is O=C(Nc1cncc(-c2ccccc2)c1)c1ccc(Br)o1. The Morgan fingerprint density at radius 3 is 2.57 bits per heavy atom. The van der Waals surface area contributed by atoms with Crippen molar-refractivity contribution >= 4 is 27.5 Å². The van der Waals surface area contributed by atoms with Gasteiger partial charge in [-0.25, -0.2) is 0 Å². The molecule has 2 heterocycles. The first-order valence-corrected chi connectivity index (χ1v) is 7.09. The molecule has 0 aliphatic rings. The van der Waals surface area contributed by atoms with Crippen LogP contribution < -0.4 is 5.32 Å². The highest BCUT2D eigenvalue weighted by atomic mass is 79.9. The van der Waals surface area contributed by atoms with Gasteiger partial charge in [-0.2, -0.15) is 0 Å². The summed E-state index contributed by atoms with van der Waals surface area (Å²) in [5.74, 6) is -0.0697. The number of nitrogens with one attached hydrogen (secondary N) is 1. The molecule has 1 amide bonds. The molecule has 2 aromatic heterocycles. The highest BCUT2D eigenvalue weighted by Gasteiger charge is 2.11. The lowest BCUT2D eigenvalue weighted by Crippen LogP contribution is -2.11. The number of hydrogen-bond donors (Lipinski definition) is 1. The Morgan fingerprint density at radius 1 is 1.05 bits per heavy atom. The molecule has 0 bridgehead atoms. The van der Waals surface area contributed by atoms with Crippen LogP contribution in [0.3, 0.4) is 0 Å². The third-order valence-electron chi connectivity index (χ3n) is 2.90. The third kappa shape index (κ3) is 3.20. The predicted molar refractivity (Wildman–Crippen MR) is 84.0 cm³/mol. The van der Waals surface area contributed by atoms with E-state index in [2.05, 4.69) is 26.2 Å². The molecule has 0 aliphatic heterocycles. The summed E-state index contributed by atoms with van der Waals surface area (Å²) in [7, 11) is 0. The number of furan rings is 1. The van der Waals surface area contributed by atoms with E-state index in [9.17, 15) is 4.79 Å². The van der Waals surface area contributed by atoms with Gasteiger partial charge in [0.25, 0.3) is 5.91 Å². The average Bonchev–Trinajstić information content (AvgIpc) is 2.95. The van der Waals surface area contributed by atoms with Crippen molar-refractivity contribution in [2.45, 2.75) is 0 Å². The van der Waals surface area contributed by atoms with Gasteiger partial charge in [-0.05, 0) is 39.7 Å². The van der Waals surface area contributed by atoms with Gasteiger partial charge in [-0.1, -0.05) is 30.3 Å². The van der Waals surface area contributed by atoms with Crippen LogP contribution in [0.4, 0.5) is 5.69 Å². The first-order valence-electron chi connectivity index (χ1n) is 6.29. The number of pyridine rings is 1. The molecule has 0 saturated heterocycles. The maximum atomic E-state index is 12.0. The monoisotopic (exact) mass is 342 g/mol. The van der Waals surface area contributed by atoms with Gasteiger partial charge < -0.3 is 9.73 Å². The lowest BCUT2D eigenvalue weighted by molar-refractivity contribution is 0.0995. The van der Waals surface area contributed by atoms with E-state index in [1.54, 1.807) is 24.5 Å². The van der Waals surface area contributed by atoms with Crippen molar-refractivity contribution < 1.29 is 9.21 Å². The number of amides is 1. The van der Waals surface area contributed by atoms with Crippen LogP contribution in [0.2, 0.25) is 0 Å². The minimum absolute atomic E-state index is 0.243. The molecule has 4 nitrogen and oxygen atoms in total. The molecule has 0 fully saturated rings. The zero-order chi connectivity index (χ0) is 14.7. The molecule has 3 aromatic rings. The minimum atomic E-state index is -0.312. The quantitative estimate of drug-likeness (QED) is 0.769. The summed E-state index contributed by atoms with van der Waals surface area (Å²) in [6.07, 6.45) is 3.36. The van der Waals surface area contributed by atoms with Crippen LogP contribution in [0.15, 0.2) is 70.0 Å². The van der Waals surface area contributed by atoms with Crippen LogP contribution in [0.5, 0.6) is 0 Å². The first kappa shape index (κ1) is 13.6. The summed E-state index contributed by atoms with van der Waals surface area (Å²) in [6, 6.07) is 15.0. The van der Waals surface area contributed by atoms with Gasteiger partial charge in [0.05, 0.1) is 11.9 Å². The van der Waals surface area contributed by atoms with Crippen molar-refractivity contribution in [3.8, 4) is 11.1 Å². The van der Waals surface area contributed by atoms with Gasteiger partial charge in [0.2, 0.25) is 0 Å². The second-order valence-electron chi connectivity index (χ2n) is 4.39. The summed E-state index contributed by atoms with van der Waals surface area (Å²) in [6.45, 7) is 0. The summed E-state index contributed by atoms with van der Waals surface area (Å²) in [4.78, 5) is 16.2. The summed E-state index contributed by atoms with van der Waals surface area (Å²) >= 11 is 3.17. The Bertz CT molecular complexity index is 769. The van der Waals surface area contributed by atoms with Crippen LogP contribution in [0.25, 0.3) is 11.1 Å². The molecule has 0 radical (unpaired) electrons. The topological polar surface area (TPSA) is 55.1 Å². The highest BCUT2D eigenvalue weighted by Crippen LogP contribution is 2.22. The number of rotatable bonds is 3. The van der Waals surface area contributed by atoms with E-state index < -0.39 is 0 Å². The summed E-state index contributed by atoms with van der Waals surface area (Å²) in [5, 5.41) is 2.77. The maximum Gasteiger partial charge on any atom is 0.291 e. The molecule has 0 atom stereocenters. The number of anilines is 1. The van der Waals surface area contributed by atoms with Gasteiger partial charge in [-0.15, -0.1) is 0 Å². The molecule has 0 saturated carbocycles. The second-order valence-corrected chi connectivity index (χ2v) is 5.17. The van der Waals surface area contributed by atoms with E-state index in [4.69, 9.17) is 4.42 Å². The molecular weight excluding hydrogens is 332 g/mol. The molecule has 0 unspecified atom stereocenters. The Kier molecular flexibility index (Phi) is 3.83. The lowest BCUT2D eigenvalue weighted by atomic mass is 10.1. The number of benzene rings is 1. The zero-order valence-corrected chi connectivity index (χ0v) is 12.5. The Balaban J connectivity index is 1.82. The van der Waals surface area contributed by atoms with Crippen molar-refractivity contribution in [2.75, 3.05) is 5.32 Å². The number of hydrogen-bond acceptors (Lipinski definition) is 3. The van der Waals surface area contributed by atoms with E-state index in [0.29, 0.717) is 10.4 Å². The largest absolute Gasteiger partial charge is 0.444 e. The van der Waals surface area contributed by atoms with Crippen molar-refractivity contribution in [2.24, 2.45) is 0 Å². The molecule has 3 rings (SSSR count). The Labute approximate surface area is 130 Å². The van der Waals surface area contributed by atoms with Crippen LogP contribution in [0.1, 0.15) is 10.6 Å². The normalized spacial score (nSPS) is 10.3. The summed E-state index contributed by atoms with van der Waals surface area (Å²) < 4.78 is 5.73. The van der Waals surface area contributed by atoms with Crippen LogP contribution in [-0.4, -0.2) is 10.9 Å². The molecule has 21 heavy (non-hydrogen) atoms. The molecule has 5 heteroatoms. The molecular formula is C16H11BrN2O2. The fourth-order valence-electron chi connectivity index (χ4n) is 1.93. The fraction of sp³-hybridized carbons (Fsp3) is 0. The van der Waals surface area contributed by atoms with Crippen molar-refractivity contribution in [1.29, 1.82) is 0 Å². The van der Waals surface area contributed by atoms with Gasteiger partial charge in [0.15, 0.2) is 10.4 Å². The number of carbonyl (C=O) groups excluding carboxylic acids is 1. The maximum absolute atomic E-state index is 12.0. The molecule has 1 N–H and O–H groups in total. The third-order valence-corrected chi connectivity index (χ3v) is 3.33. The minimum Gasteiger partial charge on any atom is -0.444 e.